The average molecular weight is 478 g/mol. The molecule has 1 aliphatic rings. The maximum atomic E-state index is 13.6. The van der Waals surface area contributed by atoms with Gasteiger partial charge in [-0.1, -0.05) is 36.5 Å². The highest BCUT2D eigenvalue weighted by Crippen LogP contribution is 2.44. The van der Waals surface area contributed by atoms with Crippen molar-refractivity contribution in [1.29, 1.82) is 0 Å². The molecule has 0 fully saturated rings. The highest BCUT2D eigenvalue weighted by molar-refractivity contribution is 7.15. The fraction of sp³-hybridized carbons (Fsp3) is 0.280. The summed E-state index contributed by atoms with van der Waals surface area (Å²) < 4.78 is 17.5. The Hall–Kier alpha value is -3.72. The van der Waals surface area contributed by atoms with Crippen LogP contribution in [0.3, 0.4) is 0 Å². The van der Waals surface area contributed by atoms with Gasteiger partial charge in [-0.25, -0.2) is 0 Å². The quantitative estimate of drug-likeness (QED) is 0.379. The number of carbonyl (C=O) groups is 1. The third-order valence-corrected chi connectivity index (χ3v) is 6.69. The molecule has 2 aromatic carbocycles. The number of carbonyl (C=O) groups excluding carboxylic acids is 1. The first-order valence-corrected chi connectivity index (χ1v) is 12.0. The molecule has 8 nitrogen and oxygen atoms in total. The van der Waals surface area contributed by atoms with Crippen LogP contribution in [-0.2, 0) is 6.42 Å². The molecule has 0 N–H and O–H groups in total. The predicted molar refractivity (Wildman–Crippen MR) is 129 cm³/mol. The van der Waals surface area contributed by atoms with Gasteiger partial charge in [-0.3, -0.25) is 14.5 Å². The Morgan fingerprint density at radius 2 is 1.76 bits per heavy atom. The molecule has 3 heterocycles. The second-order valence-corrected chi connectivity index (χ2v) is 8.69. The third-order valence-electron chi connectivity index (χ3n) is 5.63. The summed E-state index contributed by atoms with van der Waals surface area (Å²) in [6.45, 7) is 6.68. The second kappa shape index (κ2) is 8.90. The van der Waals surface area contributed by atoms with Gasteiger partial charge < -0.3 is 13.9 Å². The van der Waals surface area contributed by atoms with Crippen molar-refractivity contribution >= 4 is 33.3 Å². The minimum absolute atomic E-state index is 0.0220. The van der Waals surface area contributed by atoms with E-state index < -0.39 is 11.9 Å². The largest absolute Gasteiger partial charge is 0.490 e. The SMILES string of the molecule is CCOc1ccc(C2c3c(oc4ccccc4c3=O)C(=O)N2c2nnc(CC)s2)cc1OCC. The van der Waals surface area contributed by atoms with E-state index in [1.165, 1.54) is 16.2 Å². The van der Waals surface area contributed by atoms with E-state index in [4.69, 9.17) is 13.9 Å². The van der Waals surface area contributed by atoms with Crippen LogP contribution in [0, 0.1) is 0 Å². The molecule has 0 saturated heterocycles. The molecule has 174 valence electrons. The van der Waals surface area contributed by atoms with Crippen molar-refractivity contribution in [2.24, 2.45) is 0 Å². The van der Waals surface area contributed by atoms with E-state index in [2.05, 4.69) is 10.2 Å². The van der Waals surface area contributed by atoms with Gasteiger partial charge >= 0.3 is 0 Å². The first-order valence-electron chi connectivity index (χ1n) is 11.2. The van der Waals surface area contributed by atoms with E-state index in [0.29, 0.717) is 52.8 Å². The van der Waals surface area contributed by atoms with E-state index >= 15 is 0 Å². The normalized spacial score (nSPS) is 15.1. The Labute approximate surface area is 199 Å². The molecule has 0 saturated carbocycles. The van der Waals surface area contributed by atoms with Gasteiger partial charge in [0, 0.05) is 0 Å². The van der Waals surface area contributed by atoms with Crippen LogP contribution in [0.1, 0.15) is 53.5 Å². The standard InChI is InChI=1S/C25H23N3O5S/c1-4-19-26-27-25(34-19)28-21(14-11-12-17(31-5-2)18(13-14)32-6-3)20-22(29)15-9-7-8-10-16(15)33-23(20)24(28)30/h7-13,21H,4-6H2,1-3H3. The Bertz CT molecular complexity index is 1440. The van der Waals surface area contributed by atoms with Crippen LogP contribution >= 0.6 is 11.3 Å². The Kier molecular flexibility index (Phi) is 5.79. The average Bonchev–Trinajstić information content (AvgIpc) is 3.43. The van der Waals surface area contributed by atoms with Crippen molar-refractivity contribution in [2.45, 2.75) is 33.2 Å². The Morgan fingerprint density at radius 1 is 1.00 bits per heavy atom. The maximum Gasteiger partial charge on any atom is 0.297 e. The molecule has 5 rings (SSSR count). The summed E-state index contributed by atoms with van der Waals surface area (Å²) in [4.78, 5) is 28.8. The molecular formula is C25H23N3O5S. The molecule has 0 bridgehead atoms. The highest BCUT2D eigenvalue weighted by Gasteiger charge is 2.45. The van der Waals surface area contributed by atoms with Crippen LogP contribution in [0.4, 0.5) is 5.13 Å². The number of rotatable bonds is 7. The fourth-order valence-corrected chi connectivity index (χ4v) is 4.96. The van der Waals surface area contributed by atoms with Gasteiger partial charge in [-0.15, -0.1) is 10.2 Å². The highest BCUT2D eigenvalue weighted by atomic mass is 32.1. The lowest BCUT2D eigenvalue weighted by molar-refractivity contribution is 0.0970. The molecular weight excluding hydrogens is 454 g/mol. The van der Waals surface area contributed by atoms with Gasteiger partial charge in [0.05, 0.1) is 30.2 Å². The van der Waals surface area contributed by atoms with Gasteiger partial charge in [-0.2, -0.15) is 0 Å². The topological polar surface area (TPSA) is 94.8 Å². The first-order chi connectivity index (χ1) is 16.6. The smallest absolute Gasteiger partial charge is 0.297 e. The second-order valence-electron chi connectivity index (χ2n) is 7.65. The van der Waals surface area contributed by atoms with Crippen LogP contribution in [0.25, 0.3) is 11.0 Å². The zero-order valence-corrected chi connectivity index (χ0v) is 19.8. The lowest BCUT2D eigenvalue weighted by Gasteiger charge is -2.23. The first kappa shape index (κ1) is 22.1. The van der Waals surface area contributed by atoms with Crippen LogP contribution in [-0.4, -0.2) is 29.3 Å². The van der Waals surface area contributed by atoms with Gasteiger partial charge in [0.15, 0.2) is 16.9 Å². The molecule has 1 atom stereocenters. The van der Waals surface area contributed by atoms with Crippen molar-refractivity contribution < 1.29 is 18.7 Å². The Morgan fingerprint density at radius 3 is 2.50 bits per heavy atom. The number of aromatic nitrogens is 2. The third kappa shape index (κ3) is 3.52. The van der Waals surface area contributed by atoms with Gasteiger partial charge in [0.2, 0.25) is 10.9 Å². The molecule has 1 amide bonds. The molecule has 0 aliphatic carbocycles. The minimum atomic E-state index is -0.740. The number of para-hydroxylation sites is 1. The summed E-state index contributed by atoms with van der Waals surface area (Å²) >= 11 is 1.32. The van der Waals surface area contributed by atoms with Crippen molar-refractivity contribution in [1.82, 2.24) is 10.2 Å². The van der Waals surface area contributed by atoms with Gasteiger partial charge in [-0.05, 0) is 50.1 Å². The summed E-state index contributed by atoms with van der Waals surface area (Å²) in [7, 11) is 0. The number of nitrogens with zero attached hydrogens (tertiary/aromatic N) is 3. The fourth-order valence-electron chi connectivity index (χ4n) is 4.16. The van der Waals surface area contributed by atoms with E-state index in [1.54, 1.807) is 30.3 Å². The van der Waals surface area contributed by atoms with E-state index in [-0.39, 0.29) is 16.8 Å². The molecule has 4 aromatic rings. The van der Waals surface area contributed by atoms with Crippen LogP contribution in [0.15, 0.2) is 51.7 Å². The van der Waals surface area contributed by atoms with Crippen molar-refractivity contribution in [3.63, 3.8) is 0 Å². The maximum absolute atomic E-state index is 13.6. The summed E-state index contributed by atoms with van der Waals surface area (Å²) in [5, 5.41) is 10.1. The molecule has 0 spiro atoms. The number of anilines is 1. The molecule has 34 heavy (non-hydrogen) atoms. The van der Waals surface area contributed by atoms with Gasteiger partial charge in [0.1, 0.15) is 10.6 Å². The van der Waals surface area contributed by atoms with Crippen molar-refractivity contribution in [3.05, 3.63) is 74.6 Å². The predicted octanol–water partition coefficient (Wildman–Crippen LogP) is 4.75. The van der Waals surface area contributed by atoms with Crippen LogP contribution < -0.4 is 19.8 Å². The lowest BCUT2D eigenvalue weighted by Crippen LogP contribution is -2.29. The molecule has 9 heteroatoms. The number of ether oxygens (including phenoxy) is 2. The number of hydrogen-bond donors (Lipinski definition) is 0. The lowest BCUT2D eigenvalue weighted by atomic mass is 9.98. The minimum Gasteiger partial charge on any atom is -0.490 e. The monoisotopic (exact) mass is 477 g/mol. The van der Waals surface area contributed by atoms with Crippen molar-refractivity contribution in [2.75, 3.05) is 18.1 Å². The molecule has 1 aliphatic heterocycles. The van der Waals surface area contributed by atoms with E-state index in [9.17, 15) is 9.59 Å². The van der Waals surface area contributed by atoms with Gasteiger partial charge in [0.25, 0.3) is 5.91 Å². The summed E-state index contributed by atoms with van der Waals surface area (Å²) in [5.41, 5.74) is 1.09. The number of hydrogen-bond acceptors (Lipinski definition) is 8. The molecule has 0 radical (unpaired) electrons. The van der Waals surface area contributed by atoms with Crippen molar-refractivity contribution in [3.8, 4) is 11.5 Å². The van der Waals surface area contributed by atoms with E-state index in [1.807, 2.05) is 32.9 Å². The van der Waals surface area contributed by atoms with E-state index in [0.717, 1.165) is 5.01 Å². The Balaban J connectivity index is 1.76. The zero-order valence-electron chi connectivity index (χ0n) is 19.0. The summed E-state index contributed by atoms with van der Waals surface area (Å²) in [6.07, 6.45) is 0.690. The number of aryl methyl sites for hydroxylation is 1. The number of benzene rings is 2. The van der Waals surface area contributed by atoms with Crippen LogP contribution in [0.5, 0.6) is 11.5 Å². The molecule has 2 aromatic heterocycles. The summed E-state index contributed by atoms with van der Waals surface area (Å²) in [6, 6.07) is 11.6. The number of fused-ring (bicyclic) bond motifs is 2. The summed E-state index contributed by atoms with van der Waals surface area (Å²) in [5.74, 6) is 0.737. The molecule has 1 unspecified atom stereocenters. The zero-order chi connectivity index (χ0) is 23.8. The number of amides is 1. The van der Waals surface area contributed by atoms with Crippen LogP contribution in [0.2, 0.25) is 0 Å².